The van der Waals surface area contributed by atoms with E-state index >= 15 is 0 Å². The van der Waals surface area contributed by atoms with Crippen LogP contribution in [0.15, 0.2) is 77.7 Å². The molecular weight excluding hydrogens is 553 g/mol. The maximum Gasteiger partial charge on any atom is 0.264 e. The van der Waals surface area contributed by atoms with Gasteiger partial charge in [-0.25, -0.2) is 12.8 Å². The third-order valence-electron chi connectivity index (χ3n) is 6.31. The van der Waals surface area contributed by atoms with Crippen LogP contribution in [0.1, 0.15) is 38.3 Å². The Hall–Kier alpha value is -3.43. The predicted molar refractivity (Wildman–Crippen MR) is 156 cm³/mol. The molecule has 0 aliphatic carbocycles. The Balaban J connectivity index is 2.04. The minimum Gasteiger partial charge on any atom is -0.354 e. The van der Waals surface area contributed by atoms with E-state index in [9.17, 15) is 22.4 Å². The molecule has 2 amide bonds. The summed E-state index contributed by atoms with van der Waals surface area (Å²) in [5.41, 5.74) is 1.72. The third kappa shape index (κ3) is 8.05. The van der Waals surface area contributed by atoms with E-state index in [1.165, 1.54) is 53.4 Å². The van der Waals surface area contributed by atoms with Gasteiger partial charge < -0.3 is 10.2 Å². The van der Waals surface area contributed by atoms with E-state index < -0.39 is 34.3 Å². The van der Waals surface area contributed by atoms with Gasteiger partial charge in [-0.05, 0) is 78.9 Å². The maximum absolute atomic E-state index is 14.0. The lowest BCUT2D eigenvalue weighted by Crippen LogP contribution is -2.52. The first kappa shape index (κ1) is 31.1. The van der Waals surface area contributed by atoms with Crippen LogP contribution in [0, 0.1) is 18.7 Å². The molecule has 0 heterocycles. The molecule has 1 atom stereocenters. The fraction of sp³-hybridized carbons (Fsp3) is 0.333. The molecule has 10 heteroatoms. The molecule has 3 aromatic carbocycles. The number of hydrogen-bond acceptors (Lipinski definition) is 4. The van der Waals surface area contributed by atoms with E-state index in [2.05, 4.69) is 5.32 Å². The number of anilines is 1. The first-order chi connectivity index (χ1) is 18.9. The van der Waals surface area contributed by atoms with Crippen molar-refractivity contribution < 1.29 is 22.4 Å². The Kier molecular flexibility index (Phi) is 10.7. The number of sulfonamides is 1. The Bertz CT molecular complexity index is 1410. The summed E-state index contributed by atoms with van der Waals surface area (Å²) in [6.07, 6.45) is 0.297. The highest BCUT2D eigenvalue weighted by molar-refractivity contribution is 7.92. The highest BCUT2D eigenvalue weighted by Gasteiger charge is 2.33. The maximum atomic E-state index is 14.0. The topological polar surface area (TPSA) is 86.8 Å². The van der Waals surface area contributed by atoms with E-state index in [0.717, 1.165) is 9.87 Å². The highest BCUT2D eigenvalue weighted by atomic mass is 35.5. The summed E-state index contributed by atoms with van der Waals surface area (Å²) >= 11 is 5.99. The van der Waals surface area contributed by atoms with Crippen LogP contribution in [0.5, 0.6) is 0 Å². The molecule has 0 aliphatic rings. The van der Waals surface area contributed by atoms with E-state index in [-0.39, 0.29) is 23.3 Å². The third-order valence-corrected chi connectivity index (χ3v) is 8.35. The molecule has 0 aliphatic heterocycles. The summed E-state index contributed by atoms with van der Waals surface area (Å²) in [6, 6.07) is 17.3. The average molecular weight is 588 g/mol. The molecule has 0 spiro atoms. The molecule has 7 nitrogen and oxygen atoms in total. The molecule has 3 aromatic rings. The van der Waals surface area contributed by atoms with Crippen molar-refractivity contribution in [3.63, 3.8) is 0 Å². The average Bonchev–Trinajstić information content (AvgIpc) is 2.91. The van der Waals surface area contributed by atoms with Gasteiger partial charge >= 0.3 is 0 Å². The SMILES string of the molecule is CC[C@@H](C(=O)NCC(C)C)N(Cc1ccc(F)cc1)C(=O)CN(c1cccc(C)c1)S(=O)(=O)c1ccc(Cl)cc1. The second-order valence-electron chi connectivity index (χ2n) is 10.0. The number of carbonyl (C=O) groups excluding carboxylic acids is 2. The van der Waals surface area contributed by atoms with Gasteiger partial charge in [0, 0.05) is 18.1 Å². The number of nitrogens with zero attached hydrogens (tertiary/aromatic N) is 2. The molecule has 214 valence electrons. The first-order valence-corrected chi connectivity index (χ1v) is 14.9. The number of aryl methyl sites for hydroxylation is 1. The van der Waals surface area contributed by atoms with Gasteiger partial charge in [0.25, 0.3) is 10.0 Å². The van der Waals surface area contributed by atoms with Gasteiger partial charge in [0.15, 0.2) is 0 Å². The molecule has 0 fully saturated rings. The van der Waals surface area contributed by atoms with Crippen molar-refractivity contribution in [1.82, 2.24) is 10.2 Å². The normalized spacial score (nSPS) is 12.2. The van der Waals surface area contributed by atoms with Crippen molar-refractivity contribution in [3.05, 3.63) is 94.8 Å². The highest BCUT2D eigenvalue weighted by Crippen LogP contribution is 2.26. The summed E-state index contributed by atoms with van der Waals surface area (Å²) in [5.74, 6) is -1.14. The number of carbonyl (C=O) groups is 2. The molecule has 0 aromatic heterocycles. The van der Waals surface area contributed by atoms with Crippen LogP contribution < -0.4 is 9.62 Å². The lowest BCUT2D eigenvalue weighted by Gasteiger charge is -2.33. The summed E-state index contributed by atoms with van der Waals surface area (Å²) in [4.78, 5) is 28.5. The Labute approximate surface area is 241 Å². The van der Waals surface area contributed by atoms with Crippen molar-refractivity contribution in [1.29, 1.82) is 0 Å². The van der Waals surface area contributed by atoms with Crippen LogP contribution in [0.3, 0.4) is 0 Å². The zero-order valence-electron chi connectivity index (χ0n) is 23.1. The molecule has 1 N–H and O–H groups in total. The molecule has 0 radical (unpaired) electrons. The Morgan fingerprint density at radius 1 is 1.00 bits per heavy atom. The Morgan fingerprint density at radius 2 is 1.65 bits per heavy atom. The summed E-state index contributed by atoms with van der Waals surface area (Å²) in [6.45, 7) is 7.40. The quantitative estimate of drug-likeness (QED) is 0.300. The summed E-state index contributed by atoms with van der Waals surface area (Å²) in [7, 11) is -4.19. The van der Waals surface area contributed by atoms with Crippen LogP contribution in [-0.2, 0) is 26.2 Å². The number of hydrogen-bond donors (Lipinski definition) is 1. The first-order valence-electron chi connectivity index (χ1n) is 13.1. The lowest BCUT2D eigenvalue weighted by atomic mass is 10.1. The van der Waals surface area contributed by atoms with Crippen molar-refractivity contribution in [3.8, 4) is 0 Å². The van der Waals surface area contributed by atoms with Crippen LogP contribution in [0.2, 0.25) is 5.02 Å². The minimum atomic E-state index is -4.19. The fourth-order valence-corrected chi connectivity index (χ4v) is 5.71. The van der Waals surface area contributed by atoms with Crippen LogP contribution in [0.25, 0.3) is 0 Å². The van der Waals surface area contributed by atoms with Crippen LogP contribution in [0.4, 0.5) is 10.1 Å². The van der Waals surface area contributed by atoms with E-state index in [0.29, 0.717) is 29.2 Å². The van der Waals surface area contributed by atoms with Gasteiger partial charge in [-0.15, -0.1) is 0 Å². The monoisotopic (exact) mass is 587 g/mol. The molecule has 0 bridgehead atoms. The van der Waals surface area contributed by atoms with Gasteiger partial charge in [-0.3, -0.25) is 13.9 Å². The standard InChI is InChI=1S/C30H35ClFN3O4S/c1-5-28(30(37)33-18-21(2)3)34(19-23-9-13-25(32)14-10-23)29(36)20-35(26-8-6-7-22(4)17-26)40(38,39)27-15-11-24(31)12-16-27/h6-17,21,28H,5,18-20H2,1-4H3,(H,33,37)/t28-/m0/s1. The van der Waals surface area contributed by atoms with Crippen molar-refractivity contribution in [2.45, 2.75) is 51.6 Å². The second kappa shape index (κ2) is 13.8. The number of rotatable bonds is 12. The fourth-order valence-electron chi connectivity index (χ4n) is 4.17. The largest absolute Gasteiger partial charge is 0.354 e. The van der Waals surface area contributed by atoms with Gasteiger partial charge in [0.1, 0.15) is 18.4 Å². The van der Waals surface area contributed by atoms with Gasteiger partial charge in [-0.2, -0.15) is 0 Å². The van der Waals surface area contributed by atoms with Gasteiger partial charge in [-0.1, -0.05) is 56.6 Å². The van der Waals surface area contributed by atoms with E-state index in [1.807, 2.05) is 26.8 Å². The smallest absolute Gasteiger partial charge is 0.264 e. The van der Waals surface area contributed by atoms with Crippen molar-refractivity contribution in [2.75, 3.05) is 17.4 Å². The van der Waals surface area contributed by atoms with Crippen LogP contribution in [-0.4, -0.2) is 44.3 Å². The molecule has 0 unspecified atom stereocenters. The molecule has 3 rings (SSSR count). The van der Waals surface area contributed by atoms with Crippen molar-refractivity contribution >= 4 is 39.1 Å². The predicted octanol–water partition coefficient (Wildman–Crippen LogP) is 5.56. The second-order valence-corrected chi connectivity index (χ2v) is 12.3. The van der Waals surface area contributed by atoms with Crippen molar-refractivity contribution in [2.24, 2.45) is 5.92 Å². The zero-order valence-corrected chi connectivity index (χ0v) is 24.7. The number of nitrogens with one attached hydrogen (secondary N) is 1. The summed E-state index contributed by atoms with van der Waals surface area (Å²) < 4.78 is 42.3. The minimum absolute atomic E-state index is 0.00459. The molecule has 40 heavy (non-hydrogen) atoms. The van der Waals surface area contributed by atoms with E-state index in [1.54, 1.807) is 25.1 Å². The number of halogens is 2. The molecule has 0 saturated heterocycles. The number of benzene rings is 3. The lowest BCUT2D eigenvalue weighted by molar-refractivity contribution is -0.140. The van der Waals surface area contributed by atoms with Gasteiger partial charge in [0.2, 0.25) is 11.8 Å². The zero-order chi connectivity index (χ0) is 29.4. The Morgan fingerprint density at radius 3 is 2.23 bits per heavy atom. The molecular formula is C30H35ClFN3O4S. The summed E-state index contributed by atoms with van der Waals surface area (Å²) in [5, 5.41) is 3.26. The van der Waals surface area contributed by atoms with Crippen LogP contribution >= 0.6 is 11.6 Å². The van der Waals surface area contributed by atoms with E-state index in [4.69, 9.17) is 11.6 Å². The van der Waals surface area contributed by atoms with Gasteiger partial charge in [0.05, 0.1) is 10.6 Å². The number of amides is 2. The molecule has 0 saturated carbocycles.